The Kier molecular flexibility index (Phi) is 7.99. The molecule has 6 nitrogen and oxygen atoms in total. The van der Waals surface area contributed by atoms with Crippen LogP contribution in [0.1, 0.15) is 35.1 Å². The number of benzene rings is 3. The first-order valence-corrected chi connectivity index (χ1v) is 13.8. The van der Waals surface area contributed by atoms with Crippen molar-refractivity contribution < 1.29 is 17.9 Å². The SMILES string of the molecule is Cc1ccc(NS(=O)(=O)c2ccc(OCC(=O)N3CCC(Cc4ccccc4)CC3)c(C)c2)cc1C. The number of hydrogen-bond donors (Lipinski definition) is 1. The Labute approximate surface area is 214 Å². The molecule has 0 bridgehead atoms. The van der Waals surface area contributed by atoms with Crippen molar-refractivity contribution in [3.05, 3.63) is 89.0 Å². The number of amides is 1. The van der Waals surface area contributed by atoms with E-state index < -0.39 is 10.0 Å². The van der Waals surface area contributed by atoms with Gasteiger partial charge in [-0.15, -0.1) is 0 Å². The lowest BCUT2D eigenvalue weighted by Gasteiger charge is -2.32. The van der Waals surface area contributed by atoms with Crippen LogP contribution < -0.4 is 9.46 Å². The summed E-state index contributed by atoms with van der Waals surface area (Å²) in [5, 5.41) is 0. The van der Waals surface area contributed by atoms with Gasteiger partial charge in [0.05, 0.1) is 4.90 Å². The highest BCUT2D eigenvalue weighted by Crippen LogP contribution is 2.25. The smallest absolute Gasteiger partial charge is 0.261 e. The summed E-state index contributed by atoms with van der Waals surface area (Å²) in [6.45, 7) is 7.12. The van der Waals surface area contributed by atoms with Gasteiger partial charge in [-0.1, -0.05) is 36.4 Å². The van der Waals surface area contributed by atoms with E-state index in [1.165, 1.54) is 11.6 Å². The fourth-order valence-corrected chi connectivity index (χ4v) is 5.67. The predicted octanol–water partition coefficient (Wildman–Crippen LogP) is 5.27. The van der Waals surface area contributed by atoms with Gasteiger partial charge in [-0.05, 0) is 98.5 Å². The minimum atomic E-state index is -3.74. The van der Waals surface area contributed by atoms with Gasteiger partial charge < -0.3 is 9.64 Å². The maximum atomic E-state index is 12.9. The molecule has 1 heterocycles. The summed E-state index contributed by atoms with van der Waals surface area (Å²) < 4.78 is 34.1. The number of rotatable bonds is 8. The number of piperidine rings is 1. The number of nitrogens with one attached hydrogen (secondary N) is 1. The maximum absolute atomic E-state index is 12.9. The van der Waals surface area contributed by atoms with Gasteiger partial charge in [0.1, 0.15) is 5.75 Å². The molecule has 0 saturated carbocycles. The quantitative estimate of drug-likeness (QED) is 0.451. The molecule has 0 aromatic heterocycles. The van der Waals surface area contributed by atoms with Crippen LogP contribution in [0.25, 0.3) is 0 Å². The lowest BCUT2D eigenvalue weighted by Crippen LogP contribution is -2.41. The molecule has 0 aliphatic carbocycles. The van der Waals surface area contributed by atoms with Gasteiger partial charge in [0, 0.05) is 18.8 Å². The molecular formula is C29H34N2O4S. The minimum Gasteiger partial charge on any atom is -0.483 e. The molecular weight excluding hydrogens is 472 g/mol. The van der Waals surface area contributed by atoms with Gasteiger partial charge in [0.2, 0.25) is 0 Å². The van der Waals surface area contributed by atoms with Gasteiger partial charge >= 0.3 is 0 Å². The summed E-state index contributed by atoms with van der Waals surface area (Å²) in [6, 6.07) is 20.6. The van der Waals surface area contributed by atoms with Crippen LogP contribution in [-0.4, -0.2) is 38.9 Å². The number of sulfonamides is 1. The number of carbonyl (C=O) groups is 1. The number of ether oxygens (including phenoxy) is 1. The highest BCUT2D eigenvalue weighted by atomic mass is 32.2. The van der Waals surface area contributed by atoms with E-state index in [2.05, 4.69) is 29.0 Å². The standard InChI is InChI=1S/C29H34N2O4S/c1-21-9-10-26(17-22(21)2)30-36(33,34)27-11-12-28(23(3)18-27)35-20-29(32)31-15-13-25(14-16-31)19-24-7-5-4-6-8-24/h4-12,17-18,25,30H,13-16,19-20H2,1-3H3. The topological polar surface area (TPSA) is 75.7 Å². The van der Waals surface area contributed by atoms with Crippen molar-refractivity contribution in [2.24, 2.45) is 5.92 Å². The Morgan fingerprint density at radius 3 is 2.31 bits per heavy atom. The number of hydrogen-bond acceptors (Lipinski definition) is 4. The Hall–Kier alpha value is -3.32. The lowest BCUT2D eigenvalue weighted by molar-refractivity contribution is -0.134. The van der Waals surface area contributed by atoms with E-state index in [0.29, 0.717) is 22.9 Å². The van der Waals surface area contributed by atoms with Gasteiger partial charge in [-0.3, -0.25) is 9.52 Å². The molecule has 0 spiro atoms. The molecule has 4 rings (SSSR count). The summed E-state index contributed by atoms with van der Waals surface area (Å²) in [6.07, 6.45) is 3.02. The molecule has 1 aliphatic rings. The van der Waals surface area contributed by atoms with E-state index in [-0.39, 0.29) is 17.4 Å². The maximum Gasteiger partial charge on any atom is 0.261 e. The molecule has 190 valence electrons. The monoisotopic (exact) mass is 506 g/mol. The summed E-state index contributed by atoms with van der Waals surface area (Å²) in [5.74, 6) is 1.06. The molecule has 1 amide bonds. The number of nitrogens with zero attached hydrogens (tertiary/aromatic N) is 1. The van der Waals surface area contributed by atoms with Crippen molar-refractivity contribution in [2.75, 3.05) is 24.4 Å². The van der Waals surface area contributed by atoms with E-state index in [0.717, 1.165) is 43.5 Å². The number of aryl methyl sites for hydroxylation is 3. The average molecular weight is 507 g/mol. The zero-order valence-electron chi connectivity index (χ0n) is 21.2. The third-order valence-electron chi connectivity index (χ3n) is 6.90. The minimum absolute atomic E-state index is 0.0410. The van der Waals surface area contributed by atoms with Gasteiger partial charge in [0.25, 0.3) is 15.9 Å². The van der Waals surface area contributed by atoms with E-state index in [1.807, 2.05) is 36.9 Å². The van der Waals surface area contributed by atoms with E-state index in [9.17, 15) is 13.2 Å². The van der Waals surface area contributed by atoms with Gasteiger partial charge in [-0.25, -0.2) is 8.42 Å². The zero-order valence-corrected chi connectivity index (χ0v) is 22.0. The third-order valence-corrected chi connectivity index (χ3v) is 8.28. The highest BCUT2D eigenvalue weighted by Gasteiger charge is 2.23. The third kappa shape index (κ3) is 6.46. The molecule has 3 aromatic carbocycles. The van der Waals surface area contributed by atoms with Crippen LogP contribution in [-0.2, 0) is 21.2 Å². The number of likely N-dealkylation sites (tertiary alicyclic amines) is 1. The number of anilines is 1. The first-order chi connectivity index (χ1) is 17.2. The second kappa shape index (κ2) is 11.2. The molecule has 1 saturated heterocycles. The van der Waals surface area contributed by atoms with Crippen LogP contribution in [0.3, 0.4) is 0 Å². The van der Waals surface area contributed by atoms with Crippen molar-refractivity contribution in [1.82, 2.24) is 4.90 Å². The number of carbonyl (C=O) groups excluding carboxylic acids is 1. The first kappa shape index (κ1) is 25.8. The van der Waals surface area contributed by atoms with Crippen LogP contribution in [0, 0.1) is 26.7 Å². The Bertz CT molecular complexity index is 1310. The molecule has 1 fully saturated rings. The predicted molar refractivity (Wildman–Crippen MR) is 143 cm³/mol. The summed E-state index contributed by atoms with van der Waals surface area (Å²) in [4.78, 5) is 14.7. The summed E-state index contributed by atoms with van der Waals surface area (Å²) >= 11 is 0. The van der Waals surface area contributed by atoms with Crippen LogP contribution in [0.15, 0.2) is 71.6 Å². The summed E-state index contributed by atoms with van der Waals surface area (Å²) in [7, 11) is -3.74. The van der Waals surface area contributed by atoms with Crippen molar-refractivity contribution in [3.8, 4) is 5.75 Å². The second-order valence-corrected chi connectivity index (χ2v) is 11.3. The average Bonchev–Trinajstić information content (AvgIpc) is 2.86. The fourth-order valence-electron chi connectivity index (χ4n) is 4.53. The van der Waals surface area contributed by atoms with Crippen LogP contribution in [0.4, 0.5) is 5.69 Å². The van der Waals surface area contributed by atoms with E-state index >= 15 is 0 Å². The molecule has 0 radical (unpaired) electrons. The molecule has 36 heavy (non-hydrogen) atoms. The van der Waals surface area contributed by atoms with E-state index in [4.69, 9.17) is 4.74 Å². The second-order valence-electron chi connectivity index (χ2n) is 9.63. The molecule has 0 unspecified atom stereocenters. The van der Waals surface area contributed by atoms with Crippen molar-refractivity contribution in [1.29, 1.82) is 0 Å². The van der Waals surface area contributed by atoms with Crippen LogP contribution in [0.2, 0.25) is 0 Å². The van der Waals surface area contributed by atoms with Crippen LogP contribution >= 0.6 is 0 Å². The molecule has 0 atom stereocenters. The Balaban J connectivity index is 1.30. The normalized spacial score (nSPS) is 14.5. The van der Waals surface area contributed by atoms with Crippen molar-refractivity contribution in [3.63, 3.8) is 0 Å². The molecule has 1 N–H and O–H groups in total. The van der Waals surface area contributed by atoms with Gasteiger partial charge in [-0.2, -0.15) is 0 Å². The van der Waals surface area contributed by atoms with Gasteiger partial charge in [0.15, 0.2) is 6.61 Å². The highest BCUT2D eigenvalue weighted by molar-refractivity contribution is 7.92. The van der Waals surface area contributed by atoms with E-state index in [1.54, 1.807) is 25.1 Å². The van der Waals surface area contributed by atoms with Crippen molar-refractivity contribution in [2.45, 2.75) is 44.9 Å². The first-order valence-electron chi connectivity index (χ1n) is 12.4. The largest absolute Gasteiger partial charge is 0.483 e. The Morgan fingerprint density at radius 2 is 1.64 bits per heavy atom. The molecule has 1 aliphatic heterocycles. The fraction of sp³-hybridized carbons (Fsp3) is 0.345. The zero-order chi connectivity index (χ0) is 25.7. The molecule has 3 aromatic rings. The Morgan fingerprint density at radius 1 is 0.917 bits per heavy atom. The van der Waals surface area contributed by atoms with Crippen molar-refractivity contribution >= 4 is 21.6 Å². The summed E-state index contributed by atoms with van der Waals surface area (Å²) in [5.41, 5.74) is 4.64. The molecule has 7 heteroatoms. The van der Waals surface area contributed by atoms with Crippen LogP contribution in [0.5, 0.6) is 5.75 Å². The lowest BCUT2D eigenvalue weighted by atomic mass is 9.90.